The number of hydrogen-bond acceptors (Lipinski definition) is 4. The van der Waals surface area contributed by atoms with Gasteiger partial charge in [0.25, 0.3) is 0 Å². The van der Waals surface area contributed by atoms with Crippen LogP contribution in [0.15, 0.2) is 27.3 Å². The predicted octanol–water partition coefficient (Wildman–Crippen LogP) is 4.91. The van der Waals surface area contributed by atoms with E-state index < -0.39 is 5.82 Å². The Morgan fingerprint density at radius 1 is 1.43 bits per heavy atom. The van der Waals surface area contributed by atoms with Crippen molar-refractivity contribution < 1.29 is 13.5 Å². The van der Waals surface area contributed by atoms with Crippen LogP contribution in [0.1, 0.15) is 26.5 Å². The van der Waals surface area contributed by atoms with Gasteiger partial charge in [-0.3, -0.25) is 0 Å². The van der Waals surface area contributed by atoms with Gasteiger partial charge in [-0.25, -0.2) is 4.39 Å². The van der Waals surface area contributed by atoms with Crippen LogP contribution < -0.4 is 10.1 Å². The van der Waals surface area contributed by atoms with E-state index in [1.807, 2.05) is 0 Å². The molecule has 0 amide bonds. The second-order valence-corrected chi connectivity index (χ2v) is 6.77. The molecule has 0 atom stereocenters. The molecular weight excluding hydrogens is 363 g/mol. The Morgan fingerprint density at radius 2 is 2.14 bits per heavy atom. The molecule has 0 fully saturated rings. The number of hydrogen-bond donors (Lipinski definition) is 1. The van der Waals surface area contributed by atoms with E-state index in [2.05, 4.69) is 47.0 Å². The van der Waals surface area contributed by atoms with E-state index in [0.29, 0.717) is 16.7 Å². The molecule has 4 nitrogen and oxygen atoms in total. The first kappa shape index (κ1) is 16.3. The minimum absolute atomic E-state index is 0.0108. The summed E-state index contributed by atoms with van der Waals surface area (Å²) in [5, 5.41) is 3.29. The summed E-state index contributed by atoms with van der Waals surface area (Å²) >= 11 is 8.91. The van der Waals surface area contributed by atoms with Gasteiger partial charge in [-0.05, 0) is 42.8 Å². The molecule has 0 aliphatic rings. The largest absolute Gasteiger partial charge is 0.417 e. The summed E-state index contributed by atoms with van der Waals surface area (Å²) in [6, 6.07) is 2.58. The number of aromatic nitrogens is 1. The molecule has 7 heteroatoms. The molecule has 0 unspecified atom stereocenters. The maximum absolute atomic E-state index is 13.4. The first-order valence-corrected chi connectivity index (χ1v) is 7.43. The summed E-state index contributed by atoms with van der Waals surface area (Å²) in [6.07, 6.45) is 1.54. The number of nitrogens with one attached hydrogen (secondary N) is 1. The first-order chi connectivity index (χ1) is 9.74. The molecule has 114 valence electrons. The van der Waals surface area contributed by atoms with Crippen molar-refractivity contribution >= 4 is 27.5 Å². The number of benzene rings is 1. The zero-order valence-corrected chi connectivity index (χ0v) is 14.2. The van der Waals surface area contributed by atoms with Gasteiger partial charge in [-0.1, -0.05) is 11.6 Å². The predicted molar refractivity (Wildman–Crippen MR) is 82.3 cm³/mol. The summed E-state index contributed by atoms with van der Waals surface area (Å²) in [7, 11) is 0. The van der Waals surface area contributed by atoms with Crippen LogP contribution in [0.5, 0.6) is 11.8 Å². The summed E-state index contributed by atoms with van der Waals surface area (Å²) < 4.78 is 24.6. The van der Waals surface area contributed by atoms with E-state index in [1.54, 1.807) is 0 Å². The van der Waals surface area contributed by atoms with Gasteiger partial charge in [0.15, 0.2) is 0 Å². The Morgan fingerprint density at radius 3 is 2.81 bits per heavy atom. The molecule has 0 aliphatic heterocycles. The lowest BCUT2D eigenvalue weighted by atomic mass is 10.1. The van der Waals surface area contributed by atoms with Gasteiger partial charge in [0.05, 0.1) is 15.2 Å². The molecule has 0 spiro atoms. The maximum Gasteiger partial charge on any atom is 0.399 e. The van der Waals surface area contributed by atoms with E-state index in [4.69, 9.17) is 20.8 Å². The number of rotatable bonds is 4. The smallest absolute Gasteiger partial charge is 0.399 e. The van der Waals surface area contributed by atoms with Crippen molar-refractivity contribution in [1.29, 1.82) is 0 Å². The molecule has 2 aromatic rings. The minimum atomic E-state index is -0.573. The zero-order valence-electron chi connectivity index (χ0n) is 11.8. The fraction of sp³-hybridized carbons (Fsp3) is 0.357. The first-order valence-electron chi connectivity index (χ1n) is 6.26. The summed E-state index contributed by atoms with van der Waals surface area (Å²) in [5.74, 6) is -0.329. The van der Waals surface area contributed by atoms with Crippen LogP contribution in [0.25, 0.3) is 0 Å². The number of halogens is 3. The molecule has 2 rings (SSSR count). The van der Waals surface area contributed by atoms with Crippen LogP contribution in [-0.2, 0) is 6.54 Å². The highest BCUT2D eigenvalue weighted by atomic mass is 79.9. The molecule has 0 saturated heterocycles. The average molecular weight is 378 g/mol. The van der Waals surface area contributed by atoms with Crippen LogP contribution >= 0.6 is 27.5 Å². The second kappa shape index (κ2) is 6.34. The van der Waals surface area contributed by atoms with Crippen molar-refractivity contribution in [1.82, 2.24) is 10.3 Å². The van der Waals surface area contributed by atoms with Crippen molar-refractivity contribution in [2.24, 2.45) is 0 Å². The molecular formula is C14H15BrClFN2O2. The Balaban J connectivity index is 2.07. The molecule has 0 bridgehead atoms. The fourth-order valence-corrected chi connectivity index (χ4v) is 2.17. The fourth-order valence-electron chi connectivity index (χ4n) is 1.45. The highest BCUT2D eigenvalue weighted by Crippen LogP contribution is 2.33. The van der Waals surface area contributed by atoms with Crippen molar-refractivity contribution in [3.8, 4) is 11.8 Å². The van der Waals surface area contributed by atoms with Gasteiger partial charge in [0.2, 0.25) is 0 Å². The number of nitrogens with zero attached hydrogens (tertiary/aromatic N) is 1. The summed E-state index contributed by atoms with van der Waals surface area (Å²) in [6.45, 7) is 6.71. The quantitative estimate of drug-likeness (QED) is 0.769. The molecule has 1 heterocycles. The van der Waals surface area contributed by atoms with E-state index in [1.165, 1.54) is 18.4 Å². The molecule has 0 saturated carbocycles. The van der Waals surface area contributed by atoms with Gasteiger partial charge in [0, 0.05) is 18.2 Å². The van der Waals surface area contributed by atoms with Gasteiger partial charge in [0.1, 0.15) is 17.8 Å². The molecule has 1 aromatic heterocycles. The summed E-state index contributed by atoms with van der Waals surface area (Å²) in [4.78, 5) is 4.17. The molecule has 1 N–H and O–H groups in total. The molecule has 21 heavy (non-hydrogen) atoms. The third-order valence-corrected chi connectivity index (χ3v) is 3.41. The van der Waals surface area contributed by atoms with Gasteiger partial charge < -0.3 is 14.5 Å². The highest BCUT2D eigenvalue weighted by Gasteiger charge is 2.14. The minimum Gasteiger partial charge on any atom is -0.417 e. The van der Waals surface area contributed by atoms with E-state index in [0.717, 1.165) is 0 Å². The van der Waals surface area contributed by atoms with Gasteiger partial charge in [-0.15, -0.1) is 0 Å². The molecule has 0 radical (unpaired) electrons. The Hall–Kier alpha value is -1.11. The lowest BCUT2D eigenvalue weighted by Crippen LogP contribution is -2.35. The van der Waals surface area contributed by atoms with Gasteiger partial charge >= 0.3 is 6.08 Å². The molecule has 1 aromatic carbocycles. The van der Waals surface area contributed by atoms with Crippen LogP contribution in [0.2, 0.25) is 5.02 Å². The third kappa shape index (κ3) is 4.69. The Kier molecular flexibility index (Phi) is 4.91. The Labute approximate surface area is 135 Å². The third-order valence-electron chi connectivity index (χ3n) is 2.50. The average Bonchev–Trinajstić information content (AvgIpc) is 2.80. The van der Waals surface area contributed by atoms with E-state index in [-0.39, 0.29) is 22.4 Å². The Bertz CT molecular complexity index is 640. The number of ether oxygens (including phenoxy) is 1. The standard InChI is InChI=1S/C14H15BrClFN2O2/c1-14(2,3)18-6-8-7-20-13(19-8)21-12-5-11(17)10(16)4-9(12)15/h4-5,7,18H,6H2,1-3H3. The van der Waals surface area contributed by atoms with Crippen molar-refractivity contribution in [3.05, 3.63) is 39.4 Å². The maximum atomic E-state index is 13.4. The second-order valence-electron chi connectivity index (χ2n) is 5.51. The topological polar surface area (TPSA) is 47.3 Å². The van der Waals surface area contributed by atoms with Crippen LogP contribution in [0, 0.1) is 5.82 Å². The van der Waals surface area contributed by atoms with Crippen molar-refractivity contribution in [2.45, 2.75) is 32.9 Å². The monoisotopic (exact) mass is 376 g/mol. The number of oxazole rings is 1. The van der Waals surface area contributed by atoms with Crippen LogP contribution in [0.3, 0.4) is 0 Å². The lowest BCUT2D eigenvalue weighted by Gasteiger charge is -2.19. The van der Waals surface area contributed by atoms with Gasteiger partial charge in [-0.2, -0.15) is 4.98 Å². The van der Waals surface area contributed by atoms with E-state index >= 15 is 0 Å². The van der Waals surface area contributed by atoms with Crippen molar-refractivity contribution in [2.75, 3.05) is 0 Å². The SMILES string of the molecule is CC(C)(C)NCc1coc(Oc2cc(F)c(Cl)cc2Br)n1. The van der Waals surface area contributed by atoms with Crippen LogP contribution in [0.4, 0.5) is 4.39 Å². The normalized spacial score (nSPS) is 11.7. The zero-order chi connectivity index (χ0) is 15.6. The van der Waals surface area contributed by atoms with Crippen LogP contribution in [-0.4, -0.2) is 10.5 Å². The molecule has 0 aliphatic carbocycles. The highest BCUT2D eigenvalue weighted by molar-refractivity contribution is 9.10. The summed E-state index contributed by atoms with van der Waals surface area (Å²) in [5.41, 5.74) is 0.674. The van der Waals surface area contributed by atoms with Crippen molar-refractivity contribution in [3.63, 3.8) is 0 Å². The van der Waals surface area contributed by atoms with E-state index in [9.17, 15) is 4.39 Å². The lowest BCUT2D eigenvalue weighted by molar-refractivity contribution is 0.328.